The lowest BCUT2D eigenvalue weighted by Gasteiger charge is -2.55. The second kappa shape index (κ2) is 8.23. The van der Waals surface area contributed by atoms with Crippen LogP contribution in [0.25, 0.3) is 0 Å². The lowest BCUT2D eigenvalue weighted by atomic mass is 9.49. The van der Waals surface area contributed by atoms with Gasteiger partial charge in [0.2, 0.25) is 11.7 Å². The molecule has 32 heavy (non-hydrogen) atoms. The first-order valence-corrected chi connectivity index (χ1v) is 11.2. The zero-order valence-electron chi connectivity index (χ0n) is 18.4. The van der Waals surface area contributed by atoms with Crippen LogP contribution in [0.5, 0.6) is 0 Å². The Kier molecular flexibility index (Phi) is 5.88. The van der Waals surface area contributed by atoms with Crippen molar-refractivity contribution in [3.63, 3.8) is 0 Å². The number of aromatic nitrogens is 1. The van der Waals surface area contributed by atoms with Crippen LogP contribution in [0.4, 0.5) is 13.2 Å². The number of esters is 1. The Hall–Kier alpha value is -2.32. The van der Waals surface area contributed by atoms with Gasteiger partial charge in [-0.25, -0.2) is 0 Å². The average Bonchev–Trinajstić information content (AvgIpc) is 2.96. The average molecular weight is 454 g/mol. The lowest BCUT2D eigenvalue weighted by Crippen LogP contribution is -2.54. The summed E-state index contributed by atoms with van der Waals surface area (Å²) < 4.78 is 44.2. The SMILES string of the molecule is Cc1cc(C(=O)COC(=O)CNC(=O)C23CC4CC(CC(C4)C2)C3)c(C)n1CC(F)(F)F. The third kappa shape index (κ3) is 4.57. The minimum atomic E-state index is -4.41. The van der Waals surface area contributed by atoms with E-state index in [-0.39, 0.29) is 29.1 Å². The van der Waals surface area contributed by atoms with Gasteiger partial charge in [0.1, 0.15) is 13.1 Å². The molecule has 1 amide bonds. The van der Waals surface area contributed by atoms with Crippen LogP contribution in [-0.2, 0) is 20.9 Å². The number of nitrogens with zero attached hydrogens (tertiary/aromatic N) is 1. The van der Waals surface area contributed by atoms with E-state index in [0.29, 0.717) is 23.4 Å². The predicted molar refractivity (Wildman–Crippen MR) is 109 cm³/mol. The molecule has 4 fully saturated rings. The number of amides is 1. The maximum absolute atomic E-state index is 12.9. The van der Waals surface area contributed by atoms with Crippen LogP contribution < -0.4 is 5.32 Å². The van der Waals surface area contributed by atoms with Gasteiger partial charge in [0.25, 0.3) is 0 Å². The van der Waals surface area contributed by atoms with Crippen LogP contribution in [0, 0.1) is 37.0 Å². The summed E-state index contributed by atoms with van der Waals surface area (Å²) in [5, 5.41) is 2.70. The molecule has 1 N–H and O–H groups in total. The summed E-state index contributed by atoms with van der Waals surface area (Å²) in [6.45, 7) is 0.832. The fourth-order valence-corrected chi connectivity index (χ4v) is 6.51. The van der Waals surface area contributed by atoms with E-state index in [1.165, 1.54) is 39.2 Å². The van der Waals surface area contributed by atoms with Gasteiger partial charge in [0, 0.05) is 22.4 Å². The van der Waals surface area contributed by atoms with E-state index in [1.54, 1.807) is 0 Å². The van der Waals surface area contributed by atoms with Crippen LogP contribution in [0.3, 0.4) is 0 Å². The number of carbonyl (C=O) groups excluding carboxylic acids is 3. The quantitative estimate of drug-likeness (QED) is 0.503. The molecular formula is C23H29F3N2O4. The largest absolute Gasteiger partial charge is 0.456 e. The minimum Gasteiger partial charge on any atom is -0.456 e. The molecule has 4 aliphatic carbocycles. The first-order chi connectivity index (χ1) is 15.0. The number of ketones is 1. The molecule has 0 radical (unpaired) electrons. The van der Waals surface area contributed by atoms with Crippen molar-refractivity contribution in [3.05, 3.63) is 23.0 Å². The number of alkyl halides is 3. The molecule has 6 nitrogen and oxygen atoms in total. The number of nitrogens with one attached hydrogen (secondary N) is 1. The highest BCUT2D eigenvalue weighted by Gasteiger charge is 2.54. The van der Waals surface area contributed by atoms with Gasteiger partial charge in [-0.05, 0) is 76.2 Å². The molecule has 0 atom stereocenters. The Morgan fingerprint density at radius 1 is 1.09 bits per heavy atom. The molecule has 0 aliphatic heterocycles. The van der Waals surface area contributed by atoms with E-state index in [0.717, 1.165) is 23.8 Å². The Morgan fingerprint density at radius 2 is 1.66 bits per heavy atom. The Balaban J connectivity index is 1.28. The van der Waals surface area contributed by atoms with Crippen molar-refractivity contribution in [2.24, 2.45) is 23.2 Å². The summed E-state index contributed by atoms with van der Waals surface area (Å²) in [4.78, 5) is 37.4. The molecule has 0 spiro atoms. The smallest absolute Gasteiger partial charge is 0.406 e. The van der Waals surface area contributed by atoms with Crippen molar-refractivity contribution >= 4 is 17.7 Å². The second-order valence-corrected chi connectivity index (χ2v) is 9.95. The van der Waals surface area contributed by atoms with Crippen molar-refractivity contribution in [1.82, 2.24) is 9.88 Å². The highest BCUT2D eigenvalue weighted by molar-refractivity contribution is 5.99. The summed E-state index contributed by atoms with van der Waals surface area (Å²) in [6, 6.07) is 1.37. The van der Waals surface area contributed by atoms with Crippen molar-refractivity contribution in [3.8, 4) is 0 Å². The van der Waals surface area contributed by atoms with Gasteiger partial charge in [-0.15, -0.1) is 0 Å². The summed E-state index contributed by atoms with van der Waals surface area (Å²) in [7, 11) is 0. The third-order valence-electron chi connectivity index (χ3n) is 7.49. The highest BCUT2D eigenvalue weighted by atomic mass is 19.4. The van der Waals surface area contributed by atoms with Crippen LogP contribution in [0.15, 0.2) is 6.07 Å². The molecule has 0 unspecified atom stereocenters. The molecule has 176 valence electrons. The summed E-state index contributed by atoms with van der Waals surface area (Å²) in [6.07, 6.45) is 1.86. The van der Waals surface area contributed by atoms with Crippen molar-refractivity contribution < 1.29 is 32.3 Å². The zero-order valence-corrected chi connectivity index (χ0v) is 18.4. The highest BCUT2D eigenvalue weighted by Crippen LogP contribution is 2.60. The van der Waals surface area contributed by atoms with Gasteiger partial charge in [-0.1, -0.05) is 0 Å². The van der Waals surface area contributed by atoms with Gasteiger partial charge in [0.15, 0.2) is 6.61 Å². The summed E-state index contributed by atoms with van der Waals surface area (Å²) >= 11 is 0. The van der Waals surface area contributed by atoms with Crippen LogP contribution >= 0.6 is 0 Å². The molecule has 1 heterocycles. The van der Waals surface area contributed by atoms with Crippen LogP contribution in [0.2, 0.25) is 0 Å². The normalized spacial score (nSPS) is 28.6. The zero-order chi connectivity index (χ0) is 23.3. The van der Waals surface area contributed by atoms with Gasteiger partial charge < -0.3 is 14.6 Å². The Labute approximate surface area is 184 Å². The number of aryl methyl sites for hydroxylation is 1. The van der Waals surface area contributed by atoms with Crippen molar-refractivity contribution in [1.29, 1.82) is 0 Å². The van der Waals surface area contributed by atoms with Gasteiger partial charge >= 0.3 is 12.1 Å². The van der Waals surface area contributed by atoms with Gasteiger partial charge in [0.05, 0.1) is 0 Å². The first-order valence-electron chi connectivity index (χ1n) is 11.2. The fourth-order valence-electron chi connectivity index (χ4n) is 6.51. The lowest BCUT2D eigenvalue weighted by molar-refractivity contribution is -0.150. The standard InChI is InChI=1S/C23H29F3N2O4/c1-13-3-18(14(2)28(13)12-23(24,25)26)19(29)11-32-20(30)10-27-21(31)22-7-15-4-16(8-22)6-17(5-15)9-22/h3,15-17H,4-12H2,1-2H3,(H,27,31). The van der Waals surface area contributed by atoms with E-state index in [4.69, 9.17) is 4.74 Å². The number of halogens is 3. The number of rotatable bonds is 7. The van der Waals surface area contributed by atoms with Crippen molar-refractivity contribution in [2.75, 3.05) is 13.2 Å². The molecule has 5 rings (SSSR count). The van der Waals surface area contributed by atoms with E-state index in [2.05, 4.69) is 5.32 Å². The summed E-state index contributed by atoms with van der Waals surface area (Å²) in [5.74, 6) is 0.400. The molecular weight excluding hydrogens is 425 g/mol. The van der Waals surface area contributed by atoms with Crippen molar-refractivity contribution in [2.45, 2.75) is 65.1 Å². The molecule has 9 heteroatoms. The van der Waals surface area contributed by atoms with Crippen LogP contribution in [-0.4, -0.2) is 41.6 Å². The minimum absolute atomic E-state index is 0.0946. The number of hydrogen-bond acceptors (Lipinski definition) is 4. The molecule has 0 saturated heterocycles. The third-order valence-corrected chi connectivity index (χ3v) is 7.49. The molecule has 4 saturated carbocycles. The van der Waals surface area contributed by atoms with E-state index in [9.17, 15) is 27.6 Å². The monoisotopic (exact) mass is 454 g/mol. The molecule has 1 aromatic rings. The van der Waals surface area contributed by atoms with Gasteiger partial charge in [-0.2, -0.15) is 13.2 Å². The number of carbonyl (C=O) groups is 3. The molecule has 4 aliphatic rings. The fraction of sp³-hybridized carbons (Fsp3) is 0.696. The van der Waals surface area contributed by atoms with E-state index in [1.807, 2.05) is 0 Å². The number of Topliss-reactive ketones (excluding diaryl/α,β-unsaturated/α-hetero) is 1. The van der Waals surface area contributed by atoms with Crippen LogP contribution in [0.1, 0.15) is 60.3 Å². The predicted octanol–water partition coefficient (Wildman–Crippen LogP) is 3.73. The number of ether oxygens (including phenoxy) is 1. The van der Waals surface area contributed by atoms with E-state index < -0.39 is 31.1 Å². The maximum Gasteiger partial charge on any atom is 0.406 e. The topological polar surface area (TPSA) is 77.4 Å². The second-order valence-electron chi connectivity index (χ2n) is 9.95. The Morgan fingerprint density at radius 3 is 2.19 bits per heavy atom. The Bertz CT molecular complexity index is 899. The first kappa shape index (κ1) is 22.9. The van der Waals surface area contributed by atoms with Gasteiger partial charge in [-0.3, -0.25) is 14.4 Å². The summed E-state index contributed by atoms with van der Waals surface area (Å²) in [5.41, 5.74) is 0.200. The maximum atomic E-state index is 12.9. The molecule has 4 bridgehead atoms. The van der Waals surface area contributed by atoms with E-state index >= 15 is 0 Å². The molecule has 0 aromatic carbocycles. The molecule has 1 aromatic heterocycles. The number of hydrogen-bond donors (Lipinski definition) is 1.